The Morgan fingerprint density at radius 3 is 2.70 bits per heavy atom. The molecule has 0 radical (unpaired) electrons. The molecule has 27 heavy (non-hydrogen) atoms. The molecule has 0 saturated carbocycles. The van der Waals surface area contributed by atoms with Gasteiger partial charge in [0.05, 0.1) is 12.4 Å². The molecule has 1 saturated heterocycles. The fourth-order valence-electron chi connectivity index (χ4n) is 5.39. The number of piperidine rings is 1. The average molecular weight is 356 g/mol. The van der Waals surface area contributed by atoms with Gasteiger partial charge in [0.15, 0.2) is 5.82 Å². The van der Waals surface area contributed by atoms with Gasteiger partial charge in [0.25, 0.3) is 0 Å². The minimum Gasteiger partial charge on any atom is -0.351 e. The Morgan fingerprint density at radius 1 is 0.963 bits per heavy atom. The highest BCUT2D eigenvalue weighted by Crippen LogP contribution is 2.42. The summed E-state index contributed by atoms with van der Waals surface area (Å²) in [6, 6.07) is 19.0. The van der Waals surface area contributed by atoms with Crippen molar-refractivity contribution in [2.75, 3.05) is 30.0 Å². The van der Waals surface area contributed by atoms with Crippen LogP contribution in [0.4, 0.5) is 11.5 Å². The van der Waals surface area contributed by atoms with Gasteiger partial charge in [0.1, 0.15) is 0 Å². The van der Waals surface area contributed by atoms with E-state index in [0.717, 1.165) is 12.5 Å². The molecule has 3 aromatic rings. The molecule has 1 aliphatic carbocycles. The van der Waals surface area contributed by atoms with E-state index in [2.05, 4.69) is 62.6 Å². The van der Waals surface area contributed by atoms with Gasteiger partial charge in [-0.15, -0.1) is 0 Å². The van der Waals surface area contributed by atoms with Crippen LogP contribution in [-0.2, 0) is 6.42 Å². The predicted octanol–water partition coefficient (Wildman–Crippen LogP) is 4.19. The van der Waals surface area contributed by atoms with E-state index in [1.54, 1.807) is 5.56 Å². The maximum atomic E-state index is 4.46. The molecule has 0 amide bonds. The van der Waals surface area contributed by atoms with Crippen molar-refractivity contribution in [3.63, 3.8) is 0 Å². The summed E-state index contributed by atoms with van der Waals surface area (Å²) in [4.78, 5) is 9.70. The number of hydrogen-bond acceptors (Lipinski definition) is 4. The van der Waals surface area contributed by atoms with E-state index in [1.165, 1.54) is 54.4 Å². The number of aromatic nitrogens is 1. The normalized spacial score (nSPS) is 22.2. The summed E-state index contributed by atoms with van der Waals surface area (Å²) in [6.45, 7) is 3.24. The first kappa shape index (κ1) is 15.5. The lowest BCUT2D eigenvalue weighted by atomic mass is 9.98. The molecule has 0 unspecified atom stereocenters. The second kappa shape index (κ2) is 5.96. The number of nitrogens with one attached hydrogen (secondary N) is 1. The first-order valence-corrected chi connectivity index (χ1v) is 10.1. The standard InChI is InChI=1S/C23H24N4/c1-4-16-5-2-7-19-21(14-17(6-1)22(16)19)26-12-9-18(10-13-26)27-15-25-23-20(27)8-3-11-24-23/h1-8,11,18,21H,9-10,12-15H2,(H,24,25)/t21-/m1/s1. The third kappa shape index (κ3) is 2.36. The number of fused-ring (bicyclic) bond motifs is 1. The first-order valence-electron chi connectivity index (χ1n) is 10.1. The molecule has 2 aliphatic heterocycles. The molecule has 1 N–H and O–H groups in total. The molecular weight excluding hydrogens is 332 g/mol. The molecule has 136 valence electrons. The van der Waals surface area contributed by atoms with E-state index in [1.807, 2.05) is 12.3 Å². The maximum Gasteiger partial charge on any atom is 0.151 e. The van der Waals surface area contributed by atoms with Gasteiger partial charge in [-0.1, -0.05) is 36.4 Å². The van der Waals surface area contributed by atoms with Crippen molar-refractivity contribution in [2.45, 2.75) is 31.3 Å². The first-order chi connectivity index (χ1) is 13.4. The Labute approximate surface area is 159 Å². The smallest absolute Gasteiger partial charge is 0.151 e. The monoisotopic (exact) mass is 356 g/mol. The fourth-order valence-corrected chi connectivity index (χ4v) is 5.39. The average Bonchev–Trinajstić information content (AvgIpc) is 3.32. The van der Waals surface area contributed by atoms with E-state index >= 15 is 0 Å². The second-order valence-electron chi connectivity index (χ2n) is 8.03. The molecule has 3 aliphatic rings. The molecule has 2 aromatic carbocycles. The van der Waals surface area contributed by atoms with Crippen LogP contribution in [0.15, 0.2) is 54.7 Å². The van der Waals surface area contributed by atoms with Crippen molar-refractivity contribution in [3.8, 4) is 0 Å². The van der Waals surface area contributed by atoms with E-state index < -0.39 is 0 Å². The number of anilines is 2. The fraction of sp³-hybridized carbons (Fsp3) is 0.348. The van der Waals surface area contributed by atoms with Crippen molar-refractivity contribution in [1.82, 2.24) is 9.88 Å². The van der Waals surface area contributed by atoms with E-state index in [4.69, 9.17) is 0 Å². The van der Waals surface area contributed by atoms with Crippen molar-refractivity contribution in [3.05, 3.63) is 65.9 Å². The SMILES string of the molecule is c1cnc2c(c1)N(C1CCN([C@@H]3Cc4cccc5cccc3c45)CC1)CN2. The Hall–Kier alpha value is -2.59. The highest BCUT2D eigenvalue weighted by molar-refractivity contribution is 5.91. The lowest BCUT2D eigenvalue weighted by Gasteiger charge is -2.40. The van der Waals surface area contributed by atoms with Gasteiger partial charge in [-0.25, -0.2) is 4.98 Å². The molecule has 1 atom stereocenters. The van der Waals surface area contributed by atoms with Gasteiger partial charge in [-0.3, -0.25) is 4.90 Å². The third-order valence-electron chi connectivity index (χ3n) is 6.69. The molecule has 4 heteroatoms. The van der Waals surface area contributed by atoms with Crippen LogP contribution in [0.25, 0.3) is 10.8 Å². The van der Waals surface area contributed by atoms with E-state index in [0.29, 0.717) is 12.1 Å². The highest BCUT2D eigenvalue weighted by Gasteiger charge is 2.34. The Morgan fingerprint density at radius 2 is 1.81 bits per heavy atom. The number of rotatable bonds is 2. The van der Waals surface area contributed by atoms with E-state index in [-0.39, 0.29) is 0 Å². The van der Waals surface area contributed by atoms with Gasteiger partial charge in [-0.05, 0) is 53.3 Å². The number of pyridine rings is 1. The number of nitrogens with zero attached hydrogens (tertiary/aromatic N) is 3. The molecule has 3 heterocycles. The minimum absolute atomic E-state index is 0.553. The summed E-state index contributed by atoms with van der Waals surface area (Å²) in [7, 11) is 0. The van der Waals surface area contributed by atoms with Crippen molar-refractivity contribution < 1.29 is 0 Å². The largest absolute Gasteiger partial charge is 0.351 e. The van der Waals surface area contributed by atoms with Crippen LogP contribution >= 0.6 is 0 Å². The lowest BCUT2D eigenvalue weighted by molar-refractivity contribution is 0.154. The summed E-state index contributed by atoms with van der Waals surface area (Å²) in [5.41, 5.74) is 4.34. The number of benzene rings is 2. The Kier molecular flexibility index (Phi) is 3.41. The number of likely N-dealkylation sites (tertiary alicyclic amines) is 1. The van der Waals surface area contributed by atoms with Crippen LogP contribution in [0.2, 0.25) is 0 Å². The summed E-state index contributed by atoms with van der Waals surface area (Å²) in [6.07, 6.45) is 5.48. The van der Waals surface area contributed by atoms with Crippen LogP contribution in [0, 0.1) is 0 Å². The van der Waals surface area contributed by atoms with Crippen molar-refractivity contribution in [2.24, 2.45) is 0 Å². The van der Waals surface area contributed by atoms with Crippen LogP contribution < -0.4 is 10.2 Å². The Bertz CT molecular complexity index is 1000. The van der Waals surface area contributed by atoms with Gasteiger partial charge in [0.2, 0.25) is 0 Å². The quantitative estimate of drug-likeness (QED) is 0.746. The van der Waals surface area contributed by atoms with Crippen LogP contribution in [0.5, 0.6) is 0 Å². The predicted molar refractivity (Wildman–Crippen MR) is 110 cm³/mol. The molecule has 1 fully saturated rings. The van der Waals surface area contributed by atoms with Crippen LogP contribution in [-0.4, -0.2) is 35.7 Å². The Balaban J connectivity index is 1.21. The third-order valence-corrected chi connectivity index (χ3v) is 6.69. The summed E-state index contributed by atoms with van der Waals surface area (Å²) in [5, 5.41) is 6.35. The molecular formula is C23H24N4. The zero-order chi connectivity index (χ0) is 17.8. The molecule has 6 rings (SSSR count). The summed E-state index contributed by atoms with van der Waals surface area (Å²) >= 11 is 0. The van der Waals surface area contributed by atoms with Crippen molar-refractivity contribution >= 4 is 22.3 Å². The minimum atomic E-state index is 0.553. The van der Waals surface area contributed by atoms with Gasteiger partial charge >= 0.3 is 0 Å². The van der Waals surface area contributed by atoms with Gasteiger partial charge in [-0.2, -0.15) is 0 Å². The van der Waals surface area contributed by atoms with Gasteiger partial charge in [0, 0.05) is 31.4 Å². The topological polar surface area (TPSA) is 31.4 Å². The van der Waals surface area contributed by atoms with Crippen LogP contribution in [0.1, 0.15) is 30.0 Å². The molecule has 1 aromatic heterocycles. The maximum absolute atomic E-state index is 4.46. The zero-order valence-corrected chi connectivity index (χ0v) is 15.4. The summed E-state index contributed by atoms with van der Waals surface area (Å²) < 4.78 is 0. The number of hydrogen-bond donors (Lipinski definition) is 1. The van der Waals surface area contributed by atoms with Crippen molar-refractivity contribution in [1.29, 1.82) is 0 Å². The van der Waals surface area contributed by atoms with E-state index in [9.17, 15) is 0 Å². The lowest BCUT2D eigenvalue weighted by Crippen LogP contribution is -2.46. The van der Waals surface area contributed by atoms with Gasteiger partial charge < -0.3 is 10.2 Å². The zero-order valence-electron chi connectivity index (χ0n) is 15.4. The highest BCUT2D eigenvalue weighted by atomic mass is 15.3. The van der Waals surface area contributed by atoms with Crippen LogP contribution in [0.3, 0.4) is 0 Å². The molecule has 4 nitrogen and oxygen atoms in total. The second-order valence-corrected chi connectivity index (χ2v) is 8.03. The molecule has 0 spiro atoms. The molecule has 0 bridgehead atoms. The summed E-state index contributed by atoms with van der Waals surface area (Å²) in [5.74, 6) is 1.04.